The van der Waals surface area contributed by atoms with Crippen LogP contribution < -0.4 is 5.32 Å². The first kappa shape index (κ1) is 10.3. The van der Waals surface area contributed by atoms with Crippen LogP contribution in [0.2, 0.25) is 0 Å². The lowest BCUT2D eigenvalue weighted by molar-refractivity contribution is 0.654. The Hall–Kier alpha value is -0.780. The van der Waals surface area contributed by atoms with E-state index in [1.54, 1.807) is 0 Å². The number of hydrogen-bond donors (Lipinski definition) is 1. The summed E-state index contributed by atoms with van der Waals surface area (Å²) in [7, 11) is 0. The Morgan fingerprint density at radius 3 is 2.77 bits per heavy atom. The molecule has 2 heteroatoms. The standard InChI is InChI=1S/C11H15NS/c1-5-9(3)12-7-11-6-8(2)10(4)13-11/h1,6,9,12H,7H2,2-4H3. The first-order chi connectivity index (χ1) is 6.13. The van der Waals surface area contributed by atoms with Crippen molar-refractivity contribution in [1.29, 1.82) is 0 Å². The van der Waals surface area contributed by atoms with Crippen molar-refractivity contribution in [2.45, 2.75) is 33.4 Å². The lowest BCUT2D eigenvalue weighted by Crippen LogP contribution is -2.22. The van der Waals surface area contributed by atoms with E-state index in [0.717, 1.165) is 6.54 Å². The van der Waals surface area contributed by atoms with E-state index < -0.39 is 0 Å². The molecular weight excluding hydrogens is 178 g/mol. The smallest absolute Gasteiger partial charge is 0.0661 e. The van der Waals surface area contributed by atoms with Crippen LogP contribution in [0.4, 0.5) is 0 Å². The van der Waals surface area contributed by atoms with Crippen LogP contribution >= 0.6 is 11.3 Å². The molecule has 1 rings (SSSR count). The van der Waals surface area contributed by atoms with Gasteiger partial charge in [-0.3, -0.25) is 5.32 Å². The van der Waals surface area contributed by atoms with Crippen LogP contribution in [0.1, 0.15) is 22.2 Å². The van der Waals surface area contributed by atoms with E-state index >= 15 is 0 Å². The minimum absolute atomic E-state index is 0.155. The summed E-state index contributed by atoms with van der Waals surface area (Å²) < 4.78 is 0. The van der Waals surface area contributed by atoms with Crippen molar-refractivity contribution in [3.8, 4) is 12.3 Å². The van der Waals surface area contributed by atoms with E-state index in [9.17, 15) is 0 Å². The third-order valence-corrected chi connectivity index (χ3v) is 3.20. The number of nitrogens with one attached hydrogen (secondary N) is 1. The number of hydrogen-bond acceptors (Lipinski definition) is 2. The number of thiophene rings is 1. The zero-order valence-corrected chi connectivity index (χ0v) is 9.16. The molecule has 70 valence electrons. The quantitative estimate of drug-likeness (QED) is 0.727. The topological polar surface area (TPSA) is 12.0 Å². The average Bonchev–Trinajstić information content (AvgIpc) is 2.42. The van der Waals surface area contributed by atoms with Crippen molar-refractivity contribution < 1.29 is 0 Å². The molecule has 1 nitrogen and oxygen atoms in total. The van der Waals surface area contributed by atoms with E-state index in [1.807, 2.05) is 18.3 Å². The van der Waals surface area contributed by atoms with Crippen LogP contribution in [0, 0.1) is 26.2 Å². The Labute approximate surface area is 84.2 Å². The van der Waals surface area contributed by atoms with Crippen molar-refractivity contribution in [3.63, 3.8) is 0 Å². The molecule has 0 aliphatic carbocycles. The maximum absolute atomic E-state index is 5.26. The summed E-state index contributed by atoms with van der Waals surface area (Å²) in [6.07, 6.45) is 5.26. The summed E-state index contributed by atoms with van der Waals surface area (Å²) in [6.45, 7) is 7.16. The third-order valence-electron chi connectivity index (χ3n) is 2.05. The van der Waals surface area contributed by atoms with Gasteiger partial charge < -0.3 is 0 Å². The molecular formula is C11H15NS. The molecule has 1 unspecified atom stereocenters. The molecule has 1 heterocycles. The SMILES string of the molecule is C#CC(C)NCc1cc(C)c(C)s1. The van der Waals surface area contributed by atoms with Gasteiger partial charge >= 0.3 is 0 Å². The van der Waals surface area contributed by atoms with E-state index in [-0.39, 0.29) is 6.04 Å². The van der Waals surface area contributed by atoms with Gasteiger partial charge in [0.1, 0.15) is 0 Å². The van der Waals surface area contributed by atoms with Crippen LogP contribution in [-0.4, -0.2) is 6.04 Å². The van der Waals surface area contributed by atoms with Crippen molar-refractivity contribution in [2.75, 3.05) is 0 Å². The van der Waals surface area contributed by atoms with Crippen molar-refractivity contribution in [1.82, 2.24) is 5.32 Å². The predicted octanol–water partition coefficient (Wildman–Crippen LogP) is 2.48. The van der Waals surface area contributed by atoms with Gasteiger partial charge in [0.2, 0.25) is 0 Å². The molecule has 13 heavy (non-hydrogen) atoms. The fourth-order valence-corrected chi connectivity index (χ4v) is 2.05. The lowest BCUT2D eigenvalue weighted by atomic mass is 10.3. The van der Waals surface area contributed by atoms with Gasteiger partial charge in [-0.2, -0.15) is 0 Å². The Morgan fingerprint density at radius 1 is 1.62 bits per heavy atom. The fourth-order valence-electron chi connectivity index (χ4n) is 1.05. The summed E-state index contributed by atoms with van der Waals surface area (Å²) in [5.41, 5.74) is 1.37. The van der Waals surface area contributed by atoms with Crippen LogP contribution in [0.3, 0.4) is 0 Å². The number of aryl methyl sites for hydroxylation is 2. The molecule has 0 aromatic carbocycles. The van der Waals surface area contributed by atoms with Crippen molar-refractivity contribution in [2.24, 2.45) is 0 Å². The van der Waals surface area contributed by atoms with E-state index in [4.69, 9.17) is 6.42 Å². The second-order valence-corrected chi connectivity index (χ2v) is 4.56. The molecule has 1 aromatic rings. The first-order valence-corrected chi connectivity index (χ1v) is 5.20. The largest absolute Gasteiger partial charge is 0.299 e. The molecule has 0 saturated heterocycles. The number of rotatable bonds is 3. The monoisotopic (exact) mass is 193 g/mol. The minimum Gasteiger partial charge on any atom is -0.299 e. The van der Waals surface area contributed by atoms with Gasteiger partial charge in [0.15, 0.2) is 0 Å². The molecule has 0 amide bonds. The summed E-state index contributed by atoms with van der Waals surface area (Å²) in [4.78, 5) is 2.75. The second-order valence-electron chi connectivity index (χ2n) is 3.22. The molecule has 1 N–H and O–H groups in total. The van der Waals surface area contributed by atoms with Crippen molar-refractivity contribution in [3.05, 3.63) is 21.4 Å². The highest BCUT2D eigenvalue weighted by Crippen LogP contribution is 2.20. The molecule has 0 aliphatic heterocycles. The van der Waals surface area contributed by atoms with Crippen LogP contribution in [0.15, 0.2) is 6.07 Å². The third kappa shape index (κ3) is 2.87. The van der Waals surface area contributed by atoms with Gasteiger partial charge in [-0.1, -0.05) is 5.92 Å². The molecule has 0 spiro atoms. The van der Waals surface area contributed by atoms with Gasteiger partial charge in [0, 0.05) is 16.3 Å². The summed E-state index contributed by atoms with van der Waals surface area (Å²) in [5.74, 6) is 2.65. The van der Waals surface area contributed by atoms with E-state index in [2.05, 4.69) is 31.2 Å². The molecule has 1 atom stereocenters. The Morgan fingerprint density at radius 2 is 2.31 bits per heavy atom. The van der Waals surface area contributed by atoms with E-state index in [1.165, 1.54) is 15.3 Å². The normalized spacial score (nSPS) is 12.5. The van der Waals surface area contributed by atoms with Gasteiger partial charge in [-0.25, -0.2) is 0 Å². The molecule has 0 saturated carbocycles. The molecule has 0 aliphatic rings. The van der Waals surface area contributed by atoms with E-state index in [0.29, 0.717) is 0 Å². The first-order valence-electron chi connectivity index (χ1n) is 4.39. The zero-order chi connectivity index (χ0) is 9.84. The minimum atomic E-state index is 0.155. The van der Waals surface area contributed by atoms with Crippen LogP contribution in [-0.2, 0) is 6.54 Å². The Balaban J connectivity index is 2.51. The molecule has 1 aromatic heterocycles. The van der Waals surface area contributed by atoms with Gasteiger partial charge in [0.05, 0.1) is 6.04 Å². The average molecular weight is 193 g/mol. The Bertz CT molecular complexity index is 300. The van der Waals surface area contributed by atoms with Crippen LogP contribution in [0.5, 0.6) is 0 Å². The predicted molar refractivity (Wildman–Crippen MR) is 58.9 cm³/mol. The lowest BCUT2D eigenvalue weighted by Gasteiger charge is -2.04. The van der Waals surface area contributed by atoms with Crippen LogP contribution in [0.25, 0.3) is 0 Å². The second kappa shape index (κ2) is 4.45. The zero-order valence-electron chi connectivity index (χ0n) is 8.35. The fraction of sp³-hybridized carbons (Fsp3) is 0.455. The maximum Gasteiger partial charge on any atom is 0.0661 e. The molecule has 0 fully saturated rings. The summed E-state index contributed by atoms with van der Waals surface area (Å²) in [6, 6.07) is 2.37. The highest BCUT2D eigenvalue weighted by atomic mass is 32.1. The van der Waals surface area contributed by atoms with Gasteiger partial charge in [-0.05, 0) is 32.4 Å². The molecule has 0 bridgehead atoms. The summed E-state index contributed by atoms with van der Waals surface area (Å²) in [5, 5.41) is 3.26. The van der Waals surface area contributed by atoms with Gasteiger partial charge in [0.25, 0.3) is 0 Å². The highest BCUT2D eigenvalue weighted by molar-refractivity contribution is 7.12. The number of terminal acetylenes is 1. The van der Waals surface area contributed by atoms with Gasteiger partial charge in [-0.15, -0.1) is 17.8 Å². The molecule has 0 radical (unpaired) electrons. The van der Waals surface area contributed by atoms with Crippen molar-refractivity contribution >= 4 is 11.3 Å². The Kier molecular flexibility index (Phi) is 3.53. The highest BCUT2D eigenvalue weighted by Gasteiger charge is 2.02. The maximum atomic E-state index is 5.26. The summed E-state index contributed by atoms with van der Waals surface area (Å²) >= 11 is 1.84.